The number of rotatable bonds is 16. The molecule has 0 heterocycles. The molecule has 16 rings (SSSR count). The Hall–Kier alpha value is -14.0. The highest BCUT2D eigenvalue weighted by atomic mass is 79.9. The van der Waals surface area contributed by atoms with Gasteiger partial charge >= 0.3 is 0 Å². The fourth-order valence-electron chi connectivity index (χ4n) is 14.0. The van der Waals surface area contributed by atoms with E-state index in [2.05, 4.69) is 294 Å². The Morgan fingerprint density at radius 1 is 0.229 bits per heavy atom. The molecule has 0 fully saturated rings. The van der Waals surface area contributed by atoms with Crippen LogP contribution in [-0.4, -0.2) is 0 Å². The van der Waals surface area contributed by atoms with Gasteiger partial charge in [0.15, 0.2) is 0 Å². The number of nitriles is 2. The van der Waals surface area contributed by atoms with E-state index in [4.69, 9.17) is 13.1 Å². The number of benzene rings is 16. The first-order chi connectivity index (χ1) is 53.8. The molecule has 16 aromatic carbocycles. The average Bonchev–Trinajstić information content (AvgIpc) is 0.734. The van der Waals surface area contributed by atoms with Crippen molar-refractivity contribution in [1.29, 1.82) is 10.5 Å². The lowest BCUT2D eigenvalue weighted by molar-refractivity contribution is 1.19. The van der Waals surface area contributed by atoms with Gasteiger partial charge < -0.3 is 9.80 Å². The summed E-state index contributed by atoms with van der Waals surface area (Å²) in [5.74, 6) is 0. The Morgan fingerprint density at radius 3 is 0.661 bits per heavy atom. The Labute approximate surface area is 654 Å². The molecule has 0 spiro atoms. The zero-order chi connectivity index (χ0) is 74.7. The minimum Gasteiger partial charge on any atom is -0.311 e. The van der Waals surface area contributed by atoms with Crippen molar-refractivity contribution < 1.29 is 0 Å². The maximum absolute atomic E-state index is 11.1. The van der Waals surface area contributed by atoms with Crippen LogP contribution < -0.4 is 9.80 Å². The van der Waals surface area contributed by atoms with Crippen LogP contribution in [0.25, 0.3) is 98.7 Å². The number of hydrogen-bond donors (Lipinski definition) is 0. The lowest BCUT2D eigenvalue weighted by atomic mass is 9.79. The topological polar surface area (TPSA) is 62.8 Å². The van der Waals surface area contributed by atoms with Crippen molar-refractivity contribution in [2.24, 2.45) is 0 Å². The fraction of sp³-hybridized carbons (Fsp3) is 0.00990. The summed E-state index contributed by atoms with van der Waals surface area (Å²) < 4.78 is 1.94. The molecule has 0 saturated heterocycles. The molecule has 0 aromatic heterocycles. The standard InChI is InChI=1S/C56H38N4.C32H18Br2N2.C13H12/c1-58-56-51(40-57)52(41-20-8-2-9-21-41)53(43-32-36-49(37-33-43)59(45-24-12-4-13-25-45)46-26-14-5-15-27-46)54(55(56)42-22-10-3-11-23-42)44-34-38-50(39-35-44)60(47-28-16-6-17-29-47)48-30-18-7-19-31-48;1-36-32-27(20-35)28(21-8-4-2-5-9-21)29(23-12-16-25(33)17-13-23)30(24-14-18-26(34)19-15-24)31(32)22-10-6-3-7-11-22;1-3-7-12(8-4-1)11-13-9-5-2-6-10-13/h2-39H;2-19H;1-10H,11H2. The van der Waals surface area contributed by atoms with Crippen LogP contribution >= 0.6 is 31.9 Å². The summed E-state index contributed by atoms with van der Waals surface area (Å²) in [5, 5.41) is 21.5. The molecule has 6 nitrogen and oxygen atoms in total. The van der Waals surface area contributed by atoms with Crippen molar-refractivity contribution in [3.63, 3.8) is 0 Å². The monoisotopic (exact) mass is 1520 g/mol. The zero-order valence-electron chi connectivity index (χ0n) is 59.3. The molecule has 16 aromatic rings. The predicted molar refractivity (Wildman–Crippen MR) is 459 cm³/mol. The molecule has 0 atom stereocenters. The van der Waals surface area contributed by atoms with Gasteiger partial charge in [-0.2, -0.15) is 10.5 Å². The van der Waals surface area contributed by atoms with Crippen molar-refractivity contribution in [2.75, 3.05) is 9.80 Å². The number of halogens is 2. The van der Waals surface area contributed by atoms with Crippen molar-refractivity contribution in [2.45, 2.75) is 6.42 Å². The molecule has 0 amide bonds. The SMILES string of the molecule is [C-]#[N+]c1c(C#N)c(-c2ccccc2)c(-c2ccc(Br)cc2)c(-c2ccc(Br)cc2)c1-c1ccccc1.[C-]#[N+]c1c(C#N)c(-c2ccccc2)c(-c2ccc(N(c3ccccc3)c3ccccc3)cc2)c(-c2ccc(N(c3ccccc3)c3ccccc3)cc2)c1-c1ccccc1.c1ccc(Cc2ccccc2)cc1. The Kier molecular flexibility index (Phi) is 23.0. The van der Waals surface area contributed by atoms with E-state index in [1.807, 2.05) is 170 Å². The van der Waals surface area contributed by atoms with Gasteiger partial charge in [-0.15, -0.1) is 0 Å². The van der Waals surface area contributed by atoms with Gasteiger partial charge in [0.1, 0.15) is 0 Å². The molecule has 0 aliphatic heterocycles. The predicted octanol–water partition coefficient (Wildman–Crippen LogP) is 29.3. The summed E-state index contributed by atoms with van der Waals surface area (Å²) in [5.41, 5.74) is 24.3. The Balaban J connectivity index is 0.000000169. The molecule has 109 heavy (non-hydrogen) atoms. The van der Waals surface area contributed by atoms with Gasteiger partial charge in [-0.25, -0.2) is 9.69 Å². The van der Waals surface area contributed by atoms with E-state index in [1.54, 1.807) is 0 Å². The van der Waals surface area contributed by atoms with Gasteiger partial charge in [0.2, 0.25) is 11.4 Å². The molecule has 0 aliphatic rings. The van der Waals surface area contributed by atoms with Gasteiger partial charge in [-0.1, -0.05) is 335 Å². The van der Waals surface area contributed by atoms with Crippen LogP contribution in [0.1, 0.15) is 22.3 Å². The van der Waals surface area contributed by atoms with Crippen LogP contribution in [0.2, 0.25) is 0 Å². The Morgan fingerprint density at radius 2 is 0.422 bits per heavy atom. The van der Waals surface area contributed by atoms with E-state index in [-0.39, 0.29) is 0 Å². The highest BCUT2D eigenvalue weighted by Crippen LogP contribution is 2.56. The normalized spacial score (nSPS) is 10.5. The van der Waals surface area contributed by atoms with Gasteiger partial charge in [0.25, 0.3) is 0 Å². The van der Waals surface area contributed by atoms with Crippen LogP contribution in [0.3, 0.4) is 0 Å². The lowest BCUT2D eigenvalue weighted by Crippen LogP contribution is -2.09. The molecule has 0 bridgehead atoms. The van der Waals surface area contributed by atoms with Crippen LogP contribution in [0, 0.1) is 35.8 Å². The Bertz CT molecular complexity index is 5470. The second-order valence-electron chi connectivity index (χ2n) is 25.6. The highest BCUT2D eigenvalue weighted by Gasteiger charge is 2.30. The minimum atomic E-state index is 0.330. The molecule has 8 heteroatoms. The van der Waals surface area contributed by atoms with Gasteiger partial charge in [0, 0.05) is 43.1 Å². The van der Waals surface area contributed by atoms with E-state index in [0.717, 1.165) is 139 Å². The first kappa shape index (κ1) is 72.0. The molecular weight excluding hydrogens is 1460 g/mol. The van der Waals surface area contributed by atoms with E-state index in [1.165, 1.54) is 11.1 Å². The minimum absolute atomic E-state index is 0.330. The summed E-state index contributed by atoms with van der Waals surface area (Å²) in [7, 11) is 0. The van der Waals surface area contributed by atoms with E-state index in [0.29, 0.717) is 22.5 Å². The van der Waals surface area contributed by atoms with Crippen LogP contribution in [0.15, 0.2) is 409 Å². The molecule has 0 N–H and O–H groups in total. The summed E-state index contributed by atoms with van der Waals surface area (Å²) >= 11 is 7.12. The third-order valence-electron chi connectivity index (χ3n) is 18.9. The molecule has 0 aliphatic carbocycles. The van der Waals surface area contributed by atoms with E-state index < -0.39 is 0 Å². The maximum atomic E-state index is 11.1. The first-order valence-corrected chi connectivity index (χ1v) is 37.2. The fourth-order valence-corrected chi connectivity index (χ4v) is 14.6. The van der Waals surface area contributed by atoms with Gasteiger partial charge in [0.05, 0.1) is 36.4 Å². The van der Waals surface area contributed by atoms with Crippen molar-refractivity contribution in [3.8, 4) is 101 Å². The number of anilines is 6. The van der Waals surface area contributed by atoms with E-state index in [9.17, 15) is 10.5 Å². The second kappa shape index (κ2) is 34.8. The maximum Gasteiger partial charge on any atom is 0.213 e. The van der Waals surface area contributed by atoms with Crippen LogP contribution in [0.4, 0.5) is 45.5 Å². The summed E-state index contributed by atoms with van der Waals surface area (Å²) in [6, 6.07) is 141. The third kappa shape index (κ3) is 16.2. The molecular formula is C101H68Br2N6. The number of nitrogens with zero attached hydrogens (tertiary/aromatic N) is 6. The number of para-hydroxylation sites is 4. The van der Waals surface area contributed by atoms with Crippen LogP contribution in [-0.2, 0) is 6.42 Å². The van der Waals surface area contributed by atoms with Crippen molar-refractivity contribution >= 4 is 77.4 Å². The first-order valence-electron chi connectivity index (χ1n) is 35.7. The zero-order valence-corrected chi connectivity index (χ0v) is 62.4. The summed E-state index contributed by atoms with van der Waals surface area (Å²) in [4.78, 5) is 12.6. The highest BCUT2D eigenvalue weighted by molar-refractivity contribution is 9.10. The third-order valence-corrected chi connectivity index (χ3v) is 19.9. The molecule has 516 valence electrons. The molecule has 0 unspecified atom stereocenters. The summed E-state index contributed by atoms with van der Waals surface area (Å²) in [6.45, 7) is 16.8. The lowest BCUT2D eigenvalue weighted by Gasteiger charge is -2.27. The van der Waals surface area contributed by atoms with Gasteiger partial charge in [-0.05, 0) is 204 Å². The van der Waals surface area contributed by atoms with Crippen molar-refractivity contribution in [1.82, 2.24) is 0 Å². The largest absolute Gasteiger partial charge is 0.311 e. The smallest absolute Gasteiger partial charge is 0.213 e. The van der Waals surface area contributed by atoms with Gasteiger partial charge in [-0.3, -0.25) is 0 Å². The van der Waals surface area contributed by atoms with Crippen molar-refractivity contribution in [3.05, 3.63) is 454 Å². The van der Waals surface area contributed by atoms with Crippen LogP contribution in [0.5, 0.6) is 0 Å². The number of hydrogen-bond acceptors (Lipinski definition) is 4. The second-order valence-corrected chi connectivity index (χ2v) is 27.5. The molecule has 0 radical (unpaired) electrons. The quantitative estimate of drug-likeness (QED) is 0.0905. The average molecular weight is 1530 g/mol. The van der Waals surface area contributed by atoms with E-state index >= 15 is 0 Å². The summed E-state index contributed by atoms with van der Waals surface area (Å²) in [6.07, 6.45) is 1.03. The molecule has 0 saturated carbocycles.